The summed E-state index contributed by atoms with van der Waals surface area (Å²) in [6.07, 6.45) is 2.79. The lowest BCUT2D eigenvalue weighted by atomic mass is 10.3. The number of benzene rings is 1. The third-order valence-corrected chi connectivity index (χ3v) is 3.09. The summed E-state index contributed by atoms with van der Waals surface area (Å²) >= 11 is 0. The molecule has 1 aromatic carbocycles. The summed E-state index contributed by atoms with van der Waals surface area (Å²) in [4.78, 5) is 0. The van der Waals surface area contributed by atoms with E-state index in [0.29, 0.717) is 6.61 Å². The van der Waals surface area contributed by atoms with Gasteiger partial charge < -0.3 is 14.8 Å². The van der Waals surface area contributed by atoms with Crippen LogP contribution in [0.1, 0.15) is 5.69 Å². The van der Waals surface area contributed by atoms with Gasteiger partial charge in [0, 0.05) is 38.4 Å². The van der Waals surface area contributed by atoms with Crippen molar-refractivity contribution in [1.82, 2.24) is 15.1 Å². The predicted octanol–water partition coefficient (Wildman–Crippen LogP) is 1.64. The maximum atomic E-state index is 5.63. The highest BCUT2D eigenvalue weighted by Gasteiger charge is 1.98. The number of hydrogen-bond acceptors (Lipinski definition) is 4. The molecule has 5 nitrogen and oxygen atoms in total. The highest BCUT2D eigenvalue weighted by Crippen LogP contribution is 2.16. The molecule has 0 amide bonds. The van der Waals surface area contributed by atoms with Crippen molar-refractivity contribution in [3.63, 3.8) is 0 Å². The zero-order chi connectivity index (χ0) is 14.2. The molecular weight excluding hydrogens is 254 g/mol. The molecule has 0 fully saturated rings. The second-order valence-corrected chi connectivity index (χ2v) is 4.47. The molecule has 1 N–H and O–H groups in total. The average Bonchev–Trinajstić information content (AvgIpc) is 2.89. The van der Waals surface area contributed by atoms with E-state index in [4.69, 9.17) is 9.47 Å². The Morgan fingerprint density at radius 2 is 1.85 bits per heavy atom. The fourth-order valence-electron chi connectivity index (χ4n) is 1.90. The van der Waals surface area contributed by atoms with E-state index >= 15 is 0 Å². The van der Waals surface area contributed by atoms with Crippen molar-refractivity contribution < 1.29 is 9.47 Å². The van der Waals surface area contributed by atoms with Crippen molar-refractivity contribution in [1.29, 1.82) is 0 Å². The zero-order valence-corrected chi connectivity index (χ0v) is 12.0. The number of aromatic nitrogens is 2. The number of nitrogens with one attached hydrogen (secondary N) is 1. The summed E-state index contributed by atoms with van der Waals surface area (Å²) in [7, 11) is 3.62. The minimum Gasteiger partial charge on any atom is -0.497 e. The van der Waals surface area contributed by atoms with Crippen LogP contribution in [0.3, 0.4) is 0 Å². The Labute approximate surface area is 119 Å². The van der Waals surface area contributed by atoms with E-state index in [9.17, 15) is 0 Å². The van der Waals surface area contributed by atoms with E-state index in [0.717, 1.165) is 31.0 Å². The van der Waals surface area contributed by atoms with Gasteiger partial charge in [-0.25, -0.2) is 0 Å². The van der Waals surface area contributed by atoms with Gasteiger partial charge in [-0.05, 0) is 30.3 Å². The first-order chi connectivity index (χ1) is 9.79. The highest BCUT2D eigenvalue weighted by atomic mass is 16.5. The fraction of sp³-hybridized carbons (Fsp3) is 0.400. The molecular formula is C15H21N3O2. The number of aryl methyl sites for hydroxylation is 1. The van der Waals surface area contributed by atoms with Crippen LogP contribution < -0.4 is 14.8 Å². The first-order valence-electron chi connectivity index (χ1n) is 6.74. The number of methoxy groups -OCH3 is 1. The van der Waals surface area contributed by atoms with E-state index in [1.807, 2.05) is 48.3 Å². The van der Waals surface area contributed by atoms with Crippen molar-refractivity contribution >= 4 is 0 Å². The minimum absolute atomic E-state index is 0.651. The molecule has 0 atom stereocenters. The fourth-order valence-corrected chi connectivity index (χ4v) is 1.90. The normalized spacial score (nSPS) is 10.5. The van der Waals surface area contributed by atoms with Gasteiger partial charge in [0.1, 0.15) is 18.1 Å². The standard InChI is InChI=1S/C15H21N3O2/c1-18-13(8-10-17-18)7-9-16-11-12-20-15-5-3-14(19-2)4-6-15/h3-6,8,10,16H,7,9,11-12H2,1-2H3. The van der Waals surface area contributed by atoms with Gasteiger partial charge >= 0.3 is 0 Å². The van der Waals surface area contributed by atoms with Crippen LogP contribution in [0.5, 0.6) is 11.5 Å². The molecule has 108 valence electrons. The van der Waals surface area contributed by atoms with Crippen LogP contribution in [0.15, 0.2) is 36.5 Å². The molecule has 0 saturated heterocycles. The topological polar surface area (TPSA) is 48.3 Å². The molecule has 0 aliphatic heterocycles. The Morgan fingerprint density at radius 3 is 2.50 bits per heavy atom. The number of rotatable bonds is 8. The van der Waals surface area contributed by atoms with Crippen molar-refractivity contribution in [2.75, 3.05) is 26.8 Å². The summed E-state index contributed by atoms with van der Waals surface area (Å²) in [5, 5.41) is 7.49. The summed E-state index contributed by atoms with van der Waals surface area (Å²) in [5.74, 6) is 1.70. The zero-order valence-electron chi connectivity index (χ0n) is 12.0. The van der Waals surface area contributed by atoms with Gasteiger partial charge in [-0.15, -0.1) is 0 Å². The van der Waals surface area contributed by atoms with Gasteiger partial charge in [0.2, 0.25) is 0 Å². The van der Waals surface area contributed by atoms with Gasteiger partial charge in [0.05, 0.1) is 7.11 Å². The van der Waals surface area contributed by atoms with Gasteiger partial charge in [-0.1, -0.05) is 0 Å². The first-order valence-corrected chi connectivity index (χ1v) is 6.74. The SMILES string of the molecule is COc1ccc(OCCNCCc2ccnn2C)cc1. The number of ether oxygens (including phenoxy) is 2. The third kappa shape index (κ3) is 4.28. The van der Waals surface area contributed by atoms with Gasteiger partial charge in [0.25, 0.3) is 0 Å². The Hall–Kier alpha value is -2.01. The number of nitrogens with zero attached hydrogens (tertiary/aromatic N) is 2. The quantitative estimate of drug-likeness (QED) is 0.744. The Balaban J connectivity index is 1.58. The van der Waals surface area contributed by atoms with Gasteiger partial charge in [0.15, 0.2) is 0 Å². The molecule has 1 aromatic heterocycles. The first kappa shape index (κ1) is 14.4. The van der Waals surface area contributed by atoms with E-state index < -0.39 is 0 Å². The summed E-state index contributed by atoms with van der Waals surface area (Å²) in [6.45, 7) is 2.40. The van der Waals surface area contributed by atoms with Crippen LogP contribution in [0, 0.1) is 0 Å². The summed E-state index contributed by atoms with van der Waals surface area (Å²) in [5.41, 5.74) is 1.23. The molecule has 0 radical (unpaired) electrons. The maximum absolute atomic E-state index is 5.63. The molecule has 20 heavy (non-hydrogen) atoms. The van der Waals surface area contributed by atoms with E-state index in [2.05, 4.69) is 10.4 Å². The lowest BCUT2D eigenvalue weighted by molar-refractivity contribution is 0.313. The van der Waals surface area contributed by atoms with Crippen molar-refractivity contribution in [3.8, 4) is 11.5 Å². The van der Waals surface area contributed by atoms with Crippen LogP contribution >= 0.6 is 0 Å². The maximum Gasteiger partial charge on any atom is 0.119 e. The van der Waals surface area contributed by atoms with E-state index in [1.54, 1.807) is 7.11 Å². The van der Waals surface area contributed by atoms with Crippen LogP contribution in [0.2, 0.25) is 0 Å². The van der Waals surface area contributed by atoms with Crippen molar-refractivity contribution in [3.05, 3.63) is 42.2 Å². The smallest absolute Gasteiger partial charge is 0.119 e. The third-order valence-electron chi connectivity index (χ3n) is 3.09. The Morgan fingerprint density at radius 1 is 1.10 bits per heavy atom. The number of hydrogen-bond donors (Lipinski definition) is 1. The second kappa shape index (κ2) is 7.55. The van der Waals surface area contributed by atoms with Crippen molar-refractivity contribution in [2.24, 2.45) is 7.05 Å². The highest BCUT2D eigenvalue weighted by molar-refractivity contribution is 5.31. The molecule has 1 heterocycles. The molecule has 0 aliphatic carbocycles. The Kier molecular flexibility index (Phi) is 5.43. The van der Waals surface area contributed by atoms with Crippen LogP contribution in [-0.4, -0.2) is 36.6 Å². The molecule has 0 unspecified atom stereocenters. The van der Waals surface area contributed by atoms with Gasteiger partial charge in [-0.3, -0.25) is 4.68 Å². The second-order valence-electron chi connectivity index (χ2n) is 4.47. The molecule has 5 heteroatoms. The molecule has 2 rings (SSSR count). The van der Waals surface area contributed by atoms with Crippen LogP contribution in [0.4, 0.5) is 0 Å². The molecule has 0 aliphatic rings. The van der Waals surface area contributed by atoms with Gasteiger partial charge in [-0.2, -0.15) is 5.10 Å². The molecule has 0 bridgehead atoms. The minimum atomic E-state index is 0.651. The summed E-state index contributed by atoms with van der Waals surface area (Å²) in [6, 6.07) is 9.65. The average molecular weight is 275 g/mol. The van der Waals surface area contributed by atoms with Crippen molar-refractivity contribution in [2.45, 2.75) is 6.42 Å². The monoisotopic (exact) mass is 275 g/mol. The van der Waals surface area contributed by atoms with E-state index in [-0.39, 0.29) is 0 Å². The summed E-state index contributed by atoms with van der Waals surface area (Å²) < 4.78 is 12.6. The van der Waals surface area contributed by atoms with Crippen LogP contribution in [0.25, 0.3) is 0 Å². The molecule has 0 saturated carbocycles. The predicted molar refractivity (Wildman–Crippen MR) is 78.3 cm³/mol. The largest absolute Gasteiger partial charge is 0.497 e. The molecule has 2 aromatic rings. The van der Waals surface area contributed by atoms with E-state index in [1.165, 1.54) is 5.69 Å². The Bertz CT molecular complexity index is 508. The molecule has 0 spiro atoms. The van der Waals surface area contributed by atoms with Crippen LogP contribution in [-0.2, 0) is 13.5 Å². The lowest BCUT2D eigenvalue weighted by Crippen LogP contribution is -2.23. The lowest BCUT2D eigenvalue weighted by Gasteiger charge is -2.08.